The minimum atomic E-state index is 0.175. The van der Waals surface area contributed by atoms with Gasteiger partial charge in [0.15, 0.2) is 6.29 Å². The van der Waals surface area contributed by atoms with Crippen LogP contribution in [-0.2, 0) is 0 Å². The number of aldehydes is 1. The summed E-state index contributed by atoms with van der Waals surface area (Å²) in [5.74, 6) is 1.07. The Labute approximate surface area is 93.3 Å². The van der Waals surface area contributed by atoms with Crippen molar-refractivity contribution in [2.75, 3.05) is 13.7 Å². The first-order chi connectivity index (χ1) is 7.17. The number of rotatable bonds is 5. The monoisotopic (exact) mass is 226 g/mol. The lowest BCUT2D eigenvalue weighted by atomic mass is 10.2. The molecule has 0 fully saturated rings. The molecule has 0 spiro atoms. The van der Waals surface area contributed by atoms with E-state index in [-0.39, 0.29) is 6.61 Å². The molecule has 0 aliphatic rings. The first kappa shape index (κ1) is 11.6. The van der Waals surface area contributed by atoms with Crippen LogP contribution in [0, 0.1) is 0 Å². The molecule has 1 aromatic carbocycles. The second-order valence-corrected chi connectivity index (χ2v) is 3.36. The van der Waals surface area contributed by atoms with Crippen LogP contribution in [0.3, 0.4) is 0 Å². The normalized spacial score (nSPS) is 9.47. The summed E-state index contributed by atoms with van der Waals surface area (Å²) in [5.41, 5.74) is 0.423. The molecule has 0 saturated heterocycles. The fraction of sp³-hybridized carbons (Fsp3) is 0.182. The van der Waals surface area contributed by atoms with E-state index < -0.39 is 0 Å². The van der Waals surface area contributed by atoms with Crippen LogP contribution in [0.5, 0.6) is 11.5 Å². The van der Waals surface area contributed by atoms with Crippen LogP contribution >= 0.6 is 11.6 Å². The highest BCUT2D eigenvalue weighted by atomic mass is 35.5. The van der Waals surface area contributed by atoms with Gasteiger partial charge in [-0.1, -0.05) is 18.2 Å². The molecule has 3 nitrogen and oxygen atoms in total. The van der Waals surface area contributed by atoms with Crippen LogP contribution in [0.15, 0.2) is 29.8 Å². The lowest BCUT2D eigenvalue weighted by Gasteiger charge is -2.08. The van der Waals surface area contributed by atoms with Crippen molar-refractivity contribution in [3.05, 3.63) is 35.4 Å². The number of benzene rings is 1. The van der Waals surface area contributed by atoms with Crippen LogP contribution in [0.4, 0.5) is 0 Å². The Hall–Kier alpha value is -1.48. The summed E-state index contributed by atoms with van der Waals surface area (Å²) < 4.78 is 10.2. The predicted octanol–water partition coefficient (Wildman–Crippen LogP) is 2.64. The maximum Gasteiger partial charge on any atom is 0.153 e. The molecule has 0 heterocycles. The first-order valence-corrected chi connectivity index (χ1v) is 4.64. The molecule has 0 aromatic heterocycles. The molecular weight excluding hydrogens is 216 g/mol. The number of hydrogen-bond acceptors (Lipinski definition) is 3. The summed E-state index contributed by atoms with van der Waals surface area (Å²) in [4.78, 5) is 10.7. The average Bonchev–Trinajstić information content (AvgIpc) is 2.25. The van der Waals surface area contributed by atoms with Crippen molar-refractivity contribution >= 4 is 17.9 Å². The predicted molar refractivity (Wildman–Crippen MR) is 58.9 cm³/mol. The van der Waals surface area contributed by atoms with Crippen LogP contribution in [0.2, 0.25) is 0 Å². The third-order valence-electron chi connectivity index (χ3n) is 1.73. The Morgan fingerprint density at radius 3 is 2.87 bits per heavy atom. The fourth-order valence-electron chi connectivity index (χ4n) is 1.03. The molecule has 0 saturated carbocycles. The van der Waals surface area contributed by atoms with Gasteiger partial charge in [0.05, 0.1) is 12.7 Å². The molecule has 0 unspecified atom stereocenters. The summed E-state index contributed by atoms with van der Waals surface area (Å²) in [6, 6.07) is 4.96. The third-order valence-corrected chi connectivity index (χ3v) is 1.84. The molecule has 0 radical (unpaired) electrons. The molecule has 0 aliphatic heterocycles. The highest BCUT2D eigenvalue weighted by Crippen LogP contribution is 2.23. The summed E-state index contributed by atoms with van der Waals surface area (Å²) in [7, 11) is 1.53. The summed E-state index contributed by atoms with van der Waals surface area (Å²) in [5, 5.41) is 0.377. The molecule has 1 rings (SSSR count). The zero-order valence-electron chi connectivity index (χ0n) is 8.33. The van der Waals surface area contributed by atoms with E-state index in [1.807, 2.05) is 0 Å². The van der Waals surface area contributed by atoms with Crippen molar-refractivity contribution in [3.63, 3.8) is 0 Å². The van der Waals surface area contributed by atoms with Crippen molar-refractivity contribution in [3.8, 4) is 11.5 Å². The maximum absolute atomic E-state index is 10.7. The molecule has 0 N–H and O–H groups in total. The summed E-state index contributed by atoms with van der Waals surface area (Å²) >= 11 is 5.55. The SMILES string of the molecule is C=C(Cl)COc1ccc(OC)cc1C=O. The Kier molecular flexibility index (Phi) is 4.18. The van der Waals surface area contributed by atoms with Gasteiger partial charge in [-0.15, -0.1) is 0 Å². The molecule has 4 heteroatoms. The van der Waals surface area contributed by atoms with E-state index in [0.717, 1.165) is 0 Å². The topological polar surface area (TPSA) is 35.5 Å². The second kappa shape index (κ2) is 5.41. The minimum absolute atomic E-state index is 0.175. The smallest absolute Gasteiger partial charge is 0.153 e. The van der Waals surface area contributed by atoms with Gasteiger partial charge in [0.25, 0.3) is 0 Å². The van der Waals surface area contributed by atoms with E-state index >= 15 is 0 Å². The lowest BCUT2D eigenvalue weighted by molar-refractivity contribution is 0.111. The zero-order valence-corrected chi connectivity index (χ0v) is 9.08. The van der Waals surface area contributed by atoms with Gasteiger partial charge in [0, 0.05) is 5.03 Å². The van der Waals surface area contributed by atoms with E-state index in [9.17, 15) is 4.79 Å². The van der Waals surface area contributed by atoms with Crippen LogP contribution in [-0.4, -0.2) is 20.0 Å². The van der Waals surface area contributed by atoms with E-state index in [0.29, 0.717) is 28.4 Å². The third kappa shape index (κ3) is 3.29. The second-order valence-electron chi connectivity index (χ2n) is 2.83. The van der Waals surface area contributed by atoms with Gasteiger partial charge >= 0.3 is 0 Å². The molecule has 0 amide bonds. The summed E-state index contributed by atoms with van der Waals surface area (Å²) in [6.07, 6.45) is 0.703. The van der Waals surface area contributed by atoms with Gasteiger partial charge in [0.1, 0.15) is 18.1 Å². The Morgan fingerprint density at radius 1 is 1.60 bits per heavy atom. The van der Waals surface area contributed by atoms with Gasteiger partial charge in [-0.3, -0.25) is 4.79 Å². The van der Waals surface area contributed by atoms with Crippen molar-refractivity contribution in [1.29, 1.82) is 0 Å². The number of carbonyl (C=O) groups excluding carboxylic acids is 1. The molecule has 0 aliphatic carbocycles. The number of ether oxygens (including phenoxy) is 2. The van der Waals surface area contributed by atoms with Crippen molar-refractivity contribution in [2.45, 2.75) is 0 Å². The first-order valence-electron chi connectivity index (χ1n) is 4.26. The lowest BCUT2D eigenvalue weighted by Crippen LogP contribution is -1.99. The molecule has 15 heavy (non-hydrogen) atoms. The Morgan fingerprint density at radius 2 is 2.33 bits per heavy atom. The highest BCUT2D eigenvalue weighted by Gasteiger charge is 2.04. The van der Waals surface area contributed by atoms with Gasteiger partial charge in [-0.25, -0.2) is 0 Å². The molecule has 0 bridgehead atoms. The Bertz CT molecular complexity index is 374. The largest absolute Gasteiger partial charge is 0.497 e. The van der Waals surface area contributed by atoms with E-state index in [2.05, 4.69) is 6.58 Å². The van der Waals surface area contributed by atoms with Gasteiger partial charge in [-0.05, 0) is 18.2 Å². The van der Waals surface area contributed by atoms with Crippen LogP contribution in [0.1, 0.15) is 10.4 Å². The zero-order chi connectivity index (χ0) is 11.3. The van der Waals surface area contributed by atoms with Gasteiger partial charge < -0.3 is 9.47 Å². The molecule has 80 valence electrons. The molecule has 0 atom stereocenters. The van der Waals surface area contributed by atoms with E-state index in [4.69, 9.17) is 21.1 Å². The number of carbonyl (C=O) groups is 1. The number of hydrogen-bond donors (Lipinski definition) is 0. The maximum atomic E-state index is 10.7. The molecular formula is C11H11ClO3. The van der Waals surface area contributed by atoms with E-state index in [1.165, 1.54) is 7.11 Å². The van der Waals surface area contributed by atoms with Crippen molar-refractivity contribution < 1.29 is 14.3 Å². The quantitative estimate of drug-likeness (QED) is 0.724. The minimum Gasteiger partial charge on any atom is -0.497 e. The molecule has 1 aromatic rings. The van der Waals surface area contributed by atoms with Crippen LogP contribution in [0.25, 0.3) is 0 Å². The standard InChI is InChI=1S/C11H11ClO3/c1-8(12)7-15-11-4-3-10(14-2)5-9(11)6-13/h3-6H,1,7H2,2H3. The van der Waals surface area contributed by atoms with Crippen molar-refractivity contribution in [2.24, 2.45) is 0 Å². The van der Waals surface area contributed by atoms with E-state index in [1.54, 1.807) is 18.2 Å². The number of methoxy groups -OCH3 is 1. The number of halogens is 1. The van der Waals surface area contributed by atoms with Gasteiger partial charge in [0.2, 0.25) is 0 Å². The summed E-state index contributed by atoms with van der Waals surface area (Å²) in [6.45, 7) is 3.66. The fourth-order valence-corrected chi connectivity index (χ4v) is 1.09. The Balaban J connectivity index is 2.87. The van der Waals surface area contributed by atoms with Crippen LogP contribution < -0.4 is 9.47 Å². The van der Waals surface area contributed by atoms with Gasteiger partial charge in [-0.2, -0.15) is 0 Å². The van der Waals surface area contributed by atoms with Crippen molar-refractivity contribution in [1.82, 2.24) is 0 Å². The highest BCUT2D eigenvalue weighted by molar-refractivity contribution is 6.29. The average molecular weight is 227 g/mol.